The number of rotatable bonds is 7. The van der Waals surface area contributed by atoms with Crippen LogP contribution in [-0.2, 0) is 20.7 Å². The van der Waals surface area contributed by atoms with Crippen molar-refractivity contribution in [3.8, 4) is 5.75 Å². The average molecular weight is 329 g/mol. The Kier molecular flexibility index (Phi) is 6.02. The first kappa shape index (κ1) is 17.3. The monoisotopic (exact) mass is 329 g/mol. The van der Waals surface area contributed by atoms with Crippen molar-refractivity contribution in [1.29, 1.82) is 0 Å². The Balaban J connectivity index is 1.86. The van der Waals surface area contributed by atoms with Crippen LogP contribution >= 0.6 is 7.40 Å². The number of nitrogens with one attached hydrogen (secondary N) is 1. The lowest BCUT2D eigenvalue weighted by atomic mass is 10.2. The van der Waals surface area contributed by atoms with Crippen LogP contribution in [0, 0.1) is 0 Å². The van der Waals surface area contributed by atoms with Crippen molar-refractivity contribution in [3.05, 3.63) is 66.2 Å². The van der Waals surface area contributed by atoms with Gasteiger partial charge in [0.1, 0.15) is 18.4 Å². The van der Waals surface area contributed by atoms with Gasteiger partial charge < -0.3 is 9.26 Å². The summed E-state index contributed by atoms with van der Waals surface area (Å²) in [5, 5.41) is 2.48. The molecule has 0 aromatic heterocycles. The van der Waals surface area contributed by atoms with Crippen LogP contribution in [0.5, 0.6) is 5.75 Å². The Morgan fingerprint density at radius 2 is 1.70 bits per heavy atom. The lowest BCUT2D eigenvalue weighted by molar-refractivity contribution is -0.146. The minimum atomic E-state index is -3.67. The Morgan fingerprint density at radius 3 is 2.30 bits per heavy atom. The second-order valence-corrected chi connectivity index (χ2v) is 6.58. The number of ether oxygens (including phenoxy) is 1. The number of hydrogen-bond acceptors (Lipinski definition) is 4. The van der Waals surface area contributed by atoms with Gasteiger partial charge >= 0.3 is 5.97 Å². The van der Waals surface area contributed by atoms with Gasteiger partial charge in [0, 0.05) is 0 Å². The number of hydrogen-bond donors (Lipinski definition) is 1. The molecule has 0 saturated heterocycles. The van der Waals surface area contributed by atoms with Crippen LogP contribution in [0.4, 0.5) is 0 Å². The molecule has 0 spiro atoms. The predicted molar refractivity (Wildman–Crippen MR) is 89.3 cm³/mol. The zero-order valence-electron chi connectivity index (χ0n) is 12.7. The molecule has 1 unspecified atom stereocenters. The molecule has 0 amide bonds. The summed E-state index contributed by atoms with van der Waals surface area (Å²) in [5.74, 6) is -0.202. The molecular weight excluding hydrogens is 312 g/mol. The van der Waals surface area contributed by atoms with Gasteiger partial charge in [-0.3, -0.25) is 9.36 Å². The van der Waals surface area contributed by atoms with Crippen molar-refractivity contribution in [3.63, 3.8) is 0 Å². The summed E-state index contributed by atoms with van der Waals surface area (Å²) in [7, 11) is 1.94. The van der Waals surface area contributed by atoms with Gasteiger partial charge in [0.05, 0.1) is 0 Å². The zero-order chi connectivity index (χ0) is 16.7. The van der Waals surface area contributed by atoms with E-state index in [1.165, 1.54) is 6.92 Å². The molecule has 0 heterocycles. The van der Waals surface area contributed by atoms with Crippen molar-refractivity contribution >= 4 is 20.9 Å². The van der Waals surface area contributed by atoms with Crippen LogP contribution in [0.15, 0.2) is 60.7 Å². The normalized spacial score (nSPS) is 14.5. The third-order valence-corrected chi connectivity index (χ3v) is 4.16. The van der Waals surface area contributed by atoms with Crippen molar-refractivity contribution in [2.24, 2.45) is 0 Å². The number of para-hydroxylation sites is 1. The van der Waals surface area contributed by atoms with Gasteiger partial charge in [-0.1, -0.05) is 48.5 Å². The molecule has 0 aliphatic carbocycles. The van der Waals surface area contributed by atoms with Crippen LogP contribution in [0.25, 0.3) is 0 Å². The van der Waals surface area contributed by atoms with Gasteiger partial charge in [0.2, 0.25) is 7.57 Å². The summed E-state index contributed by atoms with van der Waals surface area (Å²) >= 11 is 0. The highest BCUT2D eigenvalue weighted by Gasteiger charge is 2.24. The van der Waals surface area contributed by atoms with Gasteiger partial charge in [0.15, 0.2) is 0 Å². The number of carbonyl (C=O) groups excluding carboxylic acids is 1. The summed E-state index contributed by atoms with van der Waals surface area (Å²) in [6.07, 6.45) is 0. The van der Waals surface area contributed by atoms with Crippen LogP contribution < -0.4 is 9.61 Å². The fourth-order valence-electron chi connectivity index (χ4n) is 1.84. The number of esters is 1. The van der Waals surface area contributed by atoms with Gasteiger partial charge in [-0.2, -0.15) is 0 Å². The molecule has 5 nitrogen and oxygen atoms in total. The summed E-state index contributed by atoms with van der Waals surface area (Å²) in [5.41, 5.74) is 0.865. The van der Waals surface area contributed by atoms with Gasteiger partial charge in [0.25, 0.3) is 7.40 Å². The van der Waals surface area contributed by atoms with Crippen LogP contribution in [-0.4, -0.2) is 19.6 Å². The van der Waals surface area contributed by atoms with E-state index in [0.29, 0.717) is 5.75 Å². The molecule has 2 radical (unpaired) electrons. The molecule has 0 fully saturated rings. The highest BCUT2D eigenvalue weighted by atomic mass is 31.2. The molecule has 2 aromatic carbocycles. The first-order chi connectivity index (χ1) is 11.0. The largest absolute Gasteiger partial charge is 0.460 e. The molecule has 0 aliphatic rings. The molecule has 7 heteroatoms. The number of benzene rings is 2. The summed E-state index contributed by atoms with van der Waals surface area (Å²) < 4.78 is 22.6. The standard InChI is InChI=1S/C16H17BNO4P/c1-13(16(19)21-12-14-8-4-2-5-9-14)18-23(17,20)22-15-10-6-3-7-11-15/h2-11,13H,12H2,1H3,(H,18,20)/t13-,23?/m0/s1. The fourth-order valence-corrected chi connectivity index (χ4v) is 2.97. The highest BCUT2D eigenvalue weighted by Crippen LogP contribution is 2.38. The van der Waals surface area contributed by atoms with Crippen LogP contribution in [0.2, 0.25) is 0 Å². The predicted octanol–water partition coefficient (Wildman–Crippen LogP) is 3.06. The Hall–Kier alpha value is -2.04. The lowest BCUT2D eigenvalue weighted by Gasteiger charge is -2.21. The molecular formula is C16H17BNO4P. The van der Waals surface area contributed by atoms with Crippen molar-refractivity contribution in [2.75, 3.05) is 0 Å². The SMILES string of the molecule is [B]P(=O)(N[C@@H](C)C(=O)OCc1ccccc1)Oc1ccccc1. The van der Waals surface area contributed by atoms with E-state index < -0.39 is 19.4 Å². The molecule has 118 valence electrons. The second-order valence-electron chi connectivity index (χ2n) is 4.95. The van der Waals surface area contributed by atoms with E-state index in [2.05, 4.69) is 5.09 Å². The maximum atomic E-state index is 12.2. The van der Waals surface area contributed by atoms with E-state index in [1.807, 2.05) is 30.3 Å². The van der Waals surface area contributed by atoms with Gasteiger partial charge in [-0.05, 0) is 24.6 Å². The molecule has 0 saturated carbocycles. The molecule has 0 aliphatic heterocycles. The van der Waals surface area contributed by atoms with E-state index in [1.54, 1.807) is 30.3 Å². The highest BCUT2D eigenvalue weighted by molar-refractivity contribution is 7.82. The zero-order valence-corrected chi connectivity index (χ0v) is 13.6. The van der Waals surface area contributed by atoms with Crippen molar-refractivity contribution in [1.82, 2.24) is 5.09 Å². The van der Waals surface area contributed by atoms with E-state index in [9.17, 15) is 9.36 Å². The molecule has 0 bridgehead atoms. The summed E-state index contributed by atoms with van der Waals surface area (Å²) in [4.78, 5) is 11.9. The lowest BCUT2D eigenvalue weighted by Crippen LogP contribution is -2.34. The average Bonchev–Trinajstić information content (AvgIpc) is 2.53. The molecule has 23 heavy (non-hydrogen) atoms. The molecule has 1 N–H and O–H groups in total. The van der Waals surface area contributed by atoms with E-state index >= 15 is 0 Å². The third-order valence-electron chi connectivity index (χ3n) is 2.94. The third kappa shape index (κ3) is 5.93. The van der Waals surface area contributed by atoms with Crippen molar-refractivity contribution in [2.45, 2.75) is 19.6 Å². The minimum absolute atomic E-state index is 0.139. The molecule has 2 atom stereocenters. The first-order valence-electron chi connectivity index (χ1n) is 7.08. The maximum Gasteiger partial charge on any atom is 0.323 e. The van der Waals surface area contributed by atoms with Crippen molar-refractivity contribution < 1.29 is 18.6 Å². The Bertz CT molecular complexity index is 681. The van der Waals surface area contributed by atoms with Gasteiger partial charge in [-0.15, -0.1) is 0 Å². The summed E-state index contributed by atoms with van der Waals surface area (Å²) in [6, 6.07) is 16.9. The number of carbonyl (C=O) groups is 1. The fraction of sp³-hybridized carbons (Fsp3) is 0.188. The summed E-state index contributed by atoms with van der Waals surface area (Å²) in [6.45, 7) is 1.65. The van der Waals surface area contributed by atoms with Gasteiger partial charge in [-0.25, -0.2) is 5.09 Å². The van der Waals surface area contributed by atoms with E-state index in [-0.39, 0.29) is 6.61 Å². The Labute approximate surface area is 136 Å². The van der Waals surface area contributed by atoms with Crippen LogP contribution in [0.1, 0.15) is 12.5 Å². The first-order valence-corrected chi connectivity index (χ1v) is 8.77. The molecule has 2 rings (SSSR count). The maximum absolute atomic E-state index is 12.2. The topological polar surface area (TPSA) is 64.6 Å². The quantitative estimate of drug-likeness (QED) is 0.480. The van der Waals surface area contributed by atoms with Crippen LogP contribution in [0.3, 0.4) is 0 Å². The Morgan fingerprint density at radius 1 is 1.13 bits per heavy atom. The minimum Gasteiger partial charge on any atom is -0.460 e. The second kappa shape index (κ2) is 8.00. The molecule has 2 aromatic rings. The smallest absolute Gasteiger partial charge is 0.323 e. The van der Waals surface area contributed by atoms with E-state index in [0.717, 1.165) is 5.56 Å². The van der Waals surface area contributed by atoms with E-state index in [4.69, 9.17) is 16.8 Å².